The highest BCUT2D eigenvalue weighted by Gasteiger charge is 2.79. The summed E-state index contributed by atoms with van der Waals surface area (Å²) >= 11 is 0. The normalized spacial score (nSPS) is 31.2. The highest BCUT2D eigenvalue weighted by atomic mass is 16.7. The minimum absolute atomic E-state index is 0.0852. The van der Waals surface area contributed by atoms with E-state index in [9.17, 15) is 24.6 Å². The van der Waals surface area contributed by atoms with E-state index in [0.717, 1.165) is 12.5 Å². The van der Waals surface area contributed by atoms with Gasteiger partial charge in [-0.2, -0.15) is 0 Å². The number of aliphatic hydroxyl groups is 2. The average Bonchev–Trinajstić information content (AvgIpc) is 3.33. The van der Waals surface area contributed by atoms with Crippen LogP contribution in [0.25, 0.3) is 0 Å². The molecule has 4 aromatic carbocycles. The number of hydrogen-bond donors (Lipinski definition) is 3. The molecule has 1 aliphatic heterocycles. The molecule has 3 unspecified atom stereocenters. The first-order valence-electron chi connectivity index (χ1n) is 22.8. The minimum Gasteiger partial charge on any atom is -0.460 e. The molecule has 1 amide bonds. The Hall–Kier alpha value is -6.10. The van der Waals surface area contributed by atoms with Crippen molar-refractivity contribution < 1.29 is 67.4 Å². The highest BCUT2D eigenvalue weighted by Crippen LogP contribution is 2.64. The van der Waals surface area contributed by atoms with Crippen molar-refractivity contribution in [2.45, 2.75) is 102 Å². The van der Waals surface area contributed by atoms with E-state index in [-0.39, 0.29) is 25.2 Å². The van der Waals surface area contributed by atoms with Gasteiger partial charge in [0, 0.05) is 42.6 Å². The molecule has 1 heterocycles. The zero-order valence-electron chi connectivity index (χ0n) is 38.6. The number of carbonyl (C=O) groups excluding carboxylic acids is 6. The van der Waals surface area contributed by atoms with Crippen molar-refractivity contribution in [3.63, 3.8) is 0 Å². The van der Waals surface area contributed by atoms with Crippen LogP contribution < -0.4 is 5.32 Å². The molecule has 3 saturated carbocycles. The van der Waals surface area contributed by atoms with Crippen molar-refractivity contribution in [3.8, 4) is 0 Å². The van der Waals surface area contributed by atoms with Crippen molar-refractivity contribution >= 4 is 35.4 Å². The van der Waals surface area contributed by atoms with Crippen LogP contribution in [0.15, 0.2) is 121 Å². The van der Waals surface area contributed by atoms with Gasteiger partial charge in [-0.25, -0.2) is 9.59 Å². The zero-order valence-corrected chi connectivity index (χ0v) is 38.6. The fourth-order valence-corrected chi connectivity index (χ4v) is 11.3. The molecule has 3 aliphatic carbocycles. The van der Waals surface area contributed by atoms with E-state index in [2.05, 4.69) is 5.32 Å². The Morgan fingerprint density at radius 3 is 2.00 bits per heavy atom. The van der Waals surface area contributed by atoms with E-state index >= 15 is 14.4 Å². The smallest absolute Gasteiger partial charge is 0.338 e. The van der Waals surface area contributed by atoms with Crippen LogP contribution in [0, 0.1) is 28.6 Å². The van der Waals surface area contributed by atoms with E-state index in [1.807, 2.05) is 30.3 Å². The van der Waals surface area contributed by atoms with Crippen LogP contribution in [-0.4, -0.2) is 101 Å². The predicted molar refractivity (Wildman–Crippen MR) is 242 cm³/mol. The van der Waals surface area contributed by atoms with Crippen LogP contribution >= 0.6 is 0 Å². The topological polar surface area (TPSA) is 210 Å². The van der Waals surface area contributed by atoms with E-state index in [1.54, 1.807) is 99.6 Å². The Kier molecular flexibility index (Phi) is 13.6. The maximum Gasteiger partial charge on any atom is 0.338 e. The first kappa shape index (κ1) is 48.4. The van der Waals surface area contributed by atoms with Gasteiger partial charge in [0.2, 0.25) is 11.6 Å². The van der Waals surface area contributed by atoms with E-state index in [1.165, 1.54) is 19.1 Å². The standard InChI is InChI=1S/C53H57NO14/c1-31-37(66-49(61)43(65-30-63-28-33-18-10-6-11-19-33)41(34-20-12-7-13-21-34)54-47(59)35-22-14-8-15-23-35)27-53(62)46(67-48(60)36-24-16-9-17-25-36)44-51(5,45(58)42(57)40(31)50(53,3)4)38(56)26-39-52(44,29-64-39)68-32(2)55/h6-25,31,37-41,43-44,46,56,62H,26-30H2,1-5H3,(H,54,59)/t31?,37-,38-,39+,40?,41-,43+,44?,46-,51+,52-,53+/m0/s1. The summed E-state index contributed by atoms with van der Waals surface area (Å²) in [7, 11) is 0. The highest BCUT2D eigenvalue weighted by molar-refractivity contribution is 6.40. The lowest BCUT2D eigenvalue weighted by Gasteiger charge is -2.67. The van der Waals surface area contributed by atoms with Gasteiger partial charge in [0.05, 0.1) is 42.3 Å². The van der Waals surface area contributed by atoms with Gasteiger partial charge >= 0.3 is 17.9 Å². The van der Waals surface area contributed by atoms with Crippen LogP contribution in [-0.2, 0) is 54.2 Å². The molecule has 4 fully saturated rings. The predicted octanol–water partition coefficient (Wildman–Crippen LogP) is 5.51. The van der Waals surface area contributed by atoms with Gasteiger partial charge in [-0.3, -0.25) is 19.2 Å². The number of fused-ring (bicyclic) bond motifs is 5. The molecule has 12 atom stereocenters. The van der Waals surface area contributed by atoms with Gasteiger partial charge in [-0.1, -0.05) is 118 Å². The number of aliphatic hydroxyl groups excluding tert-OH is 1. The number of ether oxygens (including phenoxy) is 6. The van der Waals surface area contributed by atoms with Crippen LogP contribution in [0.1, 0.15) is 85.3 Å². The number of amides is 1. The maximum absolute atomic E-state index is 15.2. The van der Waals surface area contributed by atoms with Crippen molar-refractivity contribution in [2.75, 3.05) is 13.4 Å². The van der Waals surface area contributed by atoms with Gasteiger partial charge in [-0.05, 0) is 42.3 Å². The molecule has 4 aliphatic rings. The molecule has 3 N–H and O–H groups in total. The average molecular weight is 932 g/mol. The summed E-state index contributed by atoms with van der Waals surface area (Å²) in [5.41, 5.74) is -6.14. The fourth-order valence-electron chi connectivity index (χ4n) is 11.3. The summed E-state index contributed by atoms with van der Waals surface area (Å²) in [5.74, 6) is -9.16. The molecule has 8 rings (SSSR count). The summed E-state index contributed by atoms with van der Waals surface area (Å²) < 4.78 is 37.0. The summed E-state index contributed by atoms with van der Waals surface area (Å²) in [5, 5.41) is 28.7. The molecule has 1 saturated heterocycles. The zero-order chi connectivity index (χ0) is 48.6. The second-order valence-electron chi connectivity index (χ2n) is 19.2. The number of rotatable bonds is 14. The van der Waals surface area contributed by atoms with Crippen molar-refractivity contribution in [1.82, 2.24) is 5.32 Å². The molecule has 0 spiro atoms. The number of Topliss-reactive ketones (excluding diaryl/α,β-unsaturated/α-hetero) is 2. The first-order valence-corrected chi connectivity index (χ1v) is 22.8. The SMILES string of the molecule is CC(=O)O[C@@]12CO[C@@H]1C[C@H](O)[C@@]1(C)C(=O)C(=O)C3C(C)[C@@H](OC(=O)[C@H](OCOCc4ccccc4)[C@@H](NC(=O)c4ccccc4)c4ccccc4)C[C@@](O)([C@@H](OC(=O)c4ccccc4)C12)C3(C)C. The molecule has 4 aromatic rings. The second kappa shape index (κ2) is 19.1. The number of carbonyl (C=O) groups is 6. The molecule has 358 valence electrons. The summed E-state index contributed by atoms with van der Waals surface area (Å²) in [6.07, 6.45) is -8.07. The lowest BCUT2D eigenvalue weighted by atomic mass is 9.42. The maximum atomic E-state index is 15.2. The van der Waals surface area contributed by atoms with E-state index < -0.39 is 125 Å². The third-order valence-corrected chi connectivity index (χ3v) is 14.9. The molecular formula is C53H57NO14. The first-order chi connectivity index (χ1) is 32.4. The number of benzene rings is 4. The summed E-state index contributed by atoms with van der Waals surface area (Å²) in [6, 6.07) is 33.0. The van der Waals surface area contributed by atoms with Gasteiger partial charge in [-0.15, -0.1) is 0 Å². The second-order valence-corrected chi connectivity index (χ2v) is 19.2. The van der Waals surface area contributed by atoms with Gasteiger partial charge in [0.25, 0.3) is 5.91 Å². The Balaban J connectivity index is 1.22. The monoisotopic (exact) mass is 931 g/mol. The number of nitrogens with one attached hydrogen (secondary N) is 1. The van der Waals surface area contributed by atoms with E-state index in [0.29, 0.717) is 11.1 Å². The Morgan fingerprint density at radius 2 is 1.41 bits per heavy atom. The number of esters is 3. The van der Waals surface area contributed by atoms with Crippen LogP contribution in [0.2, 0.25) is 0 Å². The van der Waals surface area contributed by atoms with Gasteiger partial charge in [0.15, 0.2) is 11.7 Å². The number of hydrogen-bond acceptors (Lipinski definition) is 14. The Bertz CT molecular complexity index is 2500. The van der Waals surface area contributed by atoms with E-state index in [4.69, 9.17) is 28.4 Å². The molecule has 0 aromatic heterocycles. The molecule has 68 heavy (non-hydrogen) atoms. The van der Waals surface area contributed by atoms with Crippen molar-refractivity contribution in [1.29, 1.82) is 0 Å². The molecule has 0 radical (unpaired) electrons. The lowest BCUT2D eigenvalue weighted by molar-refractivity contribution is -0.350. The fraction of sp³-hybridized carbons (Fsp3) is 0.434. The number of ketones is 2. The Morgan fingerprint density at radius 1 is 0.824 bits per heavy atom. The summed E-state index contributed by atoms with van der Waals surface area (Å²) in [4.78, 5) is 86.6. The third kappa shape index (κ3) is 8.55. The Labute approximate surface area is 394 Å². The quantitative estimate of drug-likeness (QED) is 0.0469. The van der Waals surface area contributed by atoms with Gasteiger partial charge < -0.3 is 44.0 Å². The van der Waals surface area contributed by atoms with Crippen LogP contribution in [0.4, 0.5) is 0 Å². The van der Waals surface area contributed by atoms with Crippen LogP contribution in [0.5, 0.6) is 0 Å². The molecular weight excluding hydrogens is 875 g/mol. The minimum atomic E-state index is -2.36. The van der Waals surface area contributed by atoms with Gasteiger partial charge in [0.1, 0.15) is 30.7 Å². The third-order valence-electron chi connectivity index (χ3n) is 14.9. The van der Waals surface area contributed by atoms with Crippen LogP contribution in [0.3, 0.4) is 0 Å². The summed E-state index contributed by atoms with van der Waals surface area (Å²) in [6.45, 7) is 6.70. The molecule has 15 heteroatoms. The van der Waals surface area contributed by atoms with Crippen molar-refractivity contribution in [2.24, 2.45) is 28.6 Å². The molecule has 15 nitrogen and oxygen atoms in total. The van der Waals surface area contributed by atoms with Crippen molar-refractivity contribution in [3.05, 3.63) is 144 Å². The molecule has 2 bridgehead atoms. The largest absolute Gasteiger partial charge is 0.460 e. The lowest BCUT2D eigenvalue weighted by Crippen LogP contribution is -2.82.